The fourth-order valence-corrected chi connectivity index (χ4v) is 4.62. The minimum atomic E-state index is -0.863. The maximum atomic E-state index is 13.7. The number of ketones is 1. The van der Waals surface area contributed by atoms with E-state index in [0.29, 0.717) is 33.0 Å². The summed E-state index contributed by atoms with van der Waals surface area (Å²) >= 11 is 6.08. The molecular formula is C28H22ClNO5. The Morgan fingerprint density at radius 3 is 2.51 bits per heavy atom. The number of carbonyl (C=O) groups is 2. The Bertz CT molecular complexity index is 1520. The van der Waals surface area contributed by atoms with Crippen molar-refractivity contribution in [3.8, 4) is 5.75 Å². The molecule has 35 heavy (non-hydrogen) atoms. The van der Waals surface area contributed by atoms with Crippen molar-refractivity contribution in [3.63, 3.8) is 0 Å². The smallest absolute Gasteiger partial charge is 0.294 e. The largest absolute Gasteiger partial charge is 0.503 e. The second-order valence-electron chi connectivity index (χ2n) is 8.45. The number of anilines is 1. The van der Waals surface area contributed by atoms with Gasteiger partial charge in [0.2, 0.25) is 5.78 Å². The van der Waals surface area contributed by atoms with Gasteiger partial charge < -0.3 is 14.3 Å². The normalized spacial score (nSPS) is 15.8. The highest BCUT2D eigenvalue weighted by molar-refractivity contribution is 6.31. The molecule has 4 aromatic rings. The van der Waals surface area contributed by atoms with Gasteiger partial charge >= 0.3 is 0 Å². The molecular weight excluding hydrogens is 466 g/mol. The van der Waals surface area contributed by atoms with Gasteiger partial charge in [0, 0.05) is 16.1 Å². The van der Waals surface area contributed by atoms with Crippen LogP contribution in [0.1, 0.15) is 33.3 Å². The summed E-state index contributed by atoms with van der Waals surface area (Å²) in [5.41, 5.74) is 3.55. The van der Waals surface area contributed by atoms with Gasteiger partial charge in [-0.2, -0.15) is 0 Å². The standard InChI is InChI=1S/C28H22ClNO5/c1-15-5-4-6-21(16(15)2)30-25(17-7-10-20(34-3)11-8-17)24(27(32)28(30)33)26(31)23-14-18-13-19(29)9-12-22(18)35-23/h4-14,25,32H,1-3H3. The number of ether oxygens (including phenoxy) is 1. The van der Waals surface area contributed by atoms with E-state index in [0.717, 1.165) is 11.1 Å². The Kier molecular flexibility index (Phi) is 5.61. The minimum Gasteiger partial charge on any atom is -0.503 e. The number of furan rings is 1. The molecule has 5 rings (SSSR count). The monoisotopic (exact) mass is 487 g/mol. The van der Waals surface area contributed by atoms with Crippen LogP contribution in [-0.2, 0) is 4.79 Å². The molecule has 1 aliphatic heterocycles. The minimum absolute atomic E-state index is 0.0120. The number of halogens is 1. The summed E-state index contributed by atoms with van der Waals surface area (Å²) in [6.07, 6.45) is 0. The lowest BCUT2D eigenvalue weighted by molar-refractivity contribution is -0.117. The molecule has 0 bridgehead atoms. The van der Waals surface area contributed by atoms with Gasteiger partial charge in [0.05, 0.1) is 18.7 Å². The molecule has 0 spiro atoms. The molecule has 176 valence electrons. The van der Waals surface area contributed by atoms with Crippen LogP contribution in [0.25, 0.3) is 11.0 Å². The molecule has 0 radical (unpaired) electrons. The van der Waals surface area contributed by atoms with E-state index in [1.165, 1.54) is 4.90 Å². The zero-order chi connectivity index (χ0) is 24.9. The summed E-state index contributed by atoms with van der Waals surface area (Å²) in [6, 6.07) is 18.4. The summed E-state index contributed by atoms with van der Waals surface area (Å²) < 4.78 is 11.1. The number of aliphatic hydroxyl groups excluding tert-OH is 1. The fraction of sp³-hybridized carbons (Fsp3) is 0.143. The molecule has 1 unspecified atom stereocenters. The molecule has 6 nitrogen and oxygen atoms in total. The molecule has 1 atom stereocenters. The van der Waals surface area contributed by atoms with Crippen LogP contribution in [0.5, 0.6) is 5.75 Å². The van der Waals surface area contributed by atoms with Gasteiger partial charge in [0.25, 0.3) is 5.91 Å². The zero-order valence-electron chi connectivity index (χ0n) is 19.3. The van der Waals surface area contributed by atoms with E-state index in [4.69, 9.17) is 20.8 Å². The van der Waals surface area contributed by atoms with Gasteiger partial charge in [0.1, 0.15) is 11.3 Å². The van der Waals surface area contributed by atoms with E-state index in [1.54, 1.807) is 61.7 Å². The Labute approximate surface area is 207 Å². The average molecular weight is 488 g/mol. The van der Waals surface area contributed by atoms with Crippen LogP contribution in [0, 0.1) is 13.8 Å². The van der Waals surface area contributed by atoms with Crippen LogP contribution in [-0.4, -0.2) is 23.9 Å². The van der Waals surface area contributed by atoms with Gasteiger partial charge in [-0.1, -0.05) is 35.9 Å². The summed E-state index contributed by atoms with van der Waals surface area (Å²) in [6.45, 7) is 3.85. The van der Waals surface area contributed by atoms with Crippen LogP contribution in [0.4, 0.5) is 5.69 Å². The predicted molar refractivity (Wildman–Crippen MR) is 134 cm³/mol. The van der Waals surface area contributed by atoms with E-state index in [9.17, 15) is 14.7 Å². The highest BCUT2D eigenvalue weighted by atomic mass is 35.5. The number of fused-ring (bicyclic) bond motifs is 1. The third-order valence-corrected chi connectivity index (χ3v) is 6.66. The fourth-order valence-electron chi connectivity index (χ4n) is 4.44. The molecule has 0 saturated carbocycles. The van der Waals surface area contributed by atoms with Gasteiger partial charge in [-0.15, -0.1) is 0 Å². The summed E-state index contributed by atoms with van der Waals surface area (Å²) in [4.78, 5) is 28.6. The summed E-state index contributed by atoms with van der Waals surface area (Å²) in [7, 11) is 1.56. The first-order chi connectivity index (χ1) is 16.8. The molecule has 1 N–H and O–H groups in total. The molecule has 0 saturated heterocycles. The lowest BCUT2D eigenvalue weighted by atomic mass is 9.94. The van der Waals surface area contributed by atoms with Gasteiger partial charge in [0.15, 0.2) is 11.5 Å². The molecule has 1 aromatic heterocycles. The number of carbonyl (C=O) groups excluding carboxylic acids is 2. The molecule has 2 heterocycles. The van der Waals surface area contributed by atoms with Crippen molar-refractivity contribution >= 4 is 39.9 Å². The van der Waals surface area contributed by atoms with Crippen LogP contribution in [0.2, 0.25) is 5.02 Å². The van der Waals surface area contributed by atoms with E-state index in [2.05, 4.69) is 0 Å². The molecule has 1 amide bonds. The van der Waals surface area contributed by atoms with Gasteiger partial charge in [-0.25, -0.2) is 0 Å². The predicted octanol–water partition coefficient (Wildman–Crippen LogP) is 6.49. The van der Waals surface area contributed by atoms with Crippen LogP contribution in [0.15, 0.2) is 82.5 Å². The molecule has 3 aromatic carbocycles. The molecule has 7 heteroatoms. The van der Waals surface area contributed by atoms with Crippen molar-refractivity contribution in [1.29, 1.82) is 0 Å². The lowest BCUT2D eigenvalue weighted by Gasteiger charge is -2.28. The number of hydrogen-bond donors (Lipinski definition) is 1. The second kappa shape index (κ2) is 8.64. The molecule has 1 aliphatic rings. The quantitative estimate of drug-likeness (QED) is 0.325. The second-order valence-corrected chi connectivity index (χ2v) is 8.89. The van der Waals surface area contributed by atoms with E-state index < -0.39 is 23.5 Å². The van der Waals surface area contributed by atoms with E-state index in [-0.39, 0.29) is 11.3 Å². The van der Waals surface area contributed by atoms with Crippen molar-refractivity contribution < 1.29 is 23.8 Å². The third kappa shape index (κ3) is 3.76. The van der Waals surface area contributed by atoms with Crippen molar-refractivity contribution in [2.24, 2.45) is 0 Å². The van der Waals surface area contributed by atoms with Crippen LogP contribution in [0.3, 0.4) is 0 Å². The Morgan fingerprint density at radius 1 is 1.06 bits per heavy atom. The first-order valence-electron chi connectivity index (χ1n) is 11.0. The Morgan fingerprint density at radius 2 is 1.80 bits per heavy atom. The maximum Gasteiger partial charge on any atom is 0.294 e. The number of methoxy groups -OCH3 is 1. The number of nitrogens with zero attached hydrogens (tertiary/aromatic N) is 1. The van der Waals surface area contributed by atoms with Crippen molar-refractivity contribution in [2.75, 3.05) is 12.0 Å². The number of amides is 1. The number of aryl methyl sites for hydroxylation is 1. The average Bonchev–Trinajstić information content (AvgIpc) is 3.39. The lowest BCUT2D eigenvalue weighted by Crippen LogP contribution is -2.31. The van der Waals surface area contributed by atoms with Crippen LogP contribution < -0.4 is 9.64 Å². The summed E-state index contributed by atoms with van der Waals surface area (Å²) in [5, 5.41) is 12.2. The Balaban J connectivity index is 1.68. The van der Waals surface area contributed by atoms with Crippen LogP contribution >= 0.6 is 11.6 Å². The van der Waals surface area contributed by atoms with Crippen molar-refractivity contribution in [1.82, 2.24) is 0 Å². The Hall–Kier alpha value is -4.03. The maximum absolute atomic E-state index is 13.7. The first kappa shape index (κ1) is 22.7. The van der Waals surface area contributed by atoms with Gasteiger partial charge in [-0.3, -0.25) is 14.5 Å². The number of benzene rings is 3. The third-order valence-electron chi connectivity index (χ3n) is 6.42. The van der Waals surface area contributed by atoms with E-state index in [1.807, 2.05) is 26.0 Å². The number of rotatable bonds is 5. The molecule has 0 fully saturated rings. The van der Waals surface area contributed by atoms with Crippen molar-refractivity contribution in [3.05, 3.63) is 106 Å². The highest BCUT2D eigenvalue weighted by Crippen LogP contribution is 2.44. The zero-order valence-corrected chi connectivity index (χ0v) is 20.1. The number of Topliss-reactive ketones (excluding diaryl/α,β-unsaturated/α-hetero) is 1. The number of hydrogen-bond acceptors (Lipinski definition) is 5. The van der Waals surface area contributed by atoms with Crippen molar-refractivity contribution in [2.45, 2.75) is 19.9 Å². The number of aliphatic hydroxyl groups is 1. The van der Waals surface area contributed by atoms with E-state index >= 15 is 0 Å². The topological polar surface area (TPSA) is 80.0 Å². The highest BCUT2D eigenvalue weighted by Gasteiger charge is 2.45. The summed E-state index contributed by atoms with van der Waals surface area (Å²) in [5.74, 6) is -1.18. The first-order valence-corrected chi connectivity index (χ1v) is 11.4. The molecule has 0 aliphatic carbocycles. The SMILES string of the molecule is COc1ccc(C2C(C(=O)c3cc4cc(Cl)ccc4o3)=C(O)C(=O)N2c2cccc(C)c2C)cc1. The van der Waals surface area contributed by atoms with Gasteiger partial charge in [-0.05, 0) is 73.0 Å².